The summed E-state index contributed by atoms with van der Waals surface area (Å²) < 4.78 is 15.3. The van der Waals surface area contributed by atoms with E-state index >= 15 is 0 Å². The number of para-hydroxylation sites is 2. The monoisotopic (exact) mass is 412 g/mol. The molecule has 8 heteroatoms. The molecule has 0 atom stereocenters. The van der Waals surface area contributed by atoms with Crippen LogP contribution in [0.4, 0.5) is 9.52 Å². The minimum Gasteiger partial charge on any atom is -0.318 e. The molecule has 0 radical (unpaired) electrons. The predicted molar refractivity (Wildman–Crippen MR) is 113 cm³/mol. The van der Waals surface area contributed by atoms with Gasteiger partial charge in [-0.3, -0.25) is 4.79 Å². The number of hydrogen-bond donors (Lipinski definition) is 1. The van der Waals surface area contributed by atoms with E-state index in [1.807, 2.05) is 35.1 Å². The quantitative estimate of drug-likeness (QED) is 0.494. The van der Waals surface area contributed by atoms with Crippen molar-refractivity contribution in [2.24, 2.45) is 0 Å². The lowest BCUT2D eigenvalue weighted by atomic mass is 10.2. The second-order valence-electron chi connectivity index (χ2n) is 6.13. The molecule has 0 aliphatic heterocycles. The lowest BCUT2D eigenvalue weighted by Gasteiger charge is -2.08. The Bertz CT molecular complexity index is 1140. The zero-order valence-corrected chi connectivity index (χ0v) is 16.7. The normalized spacial score (nSPS) is 11.1. The van der Waals surface area contributed by atoms with E-state index in [-0.39, 0.29) is 18.3 Å². The van der Waals surface area contributed by atoms with Gasteiger partial charge >= 0.3 is 0 Å². The van der Waals surface area contributed by atoms with Crippen LogP contribution < -0.4 is 5.32 Å². The van der Waals surface area contributed by atoms with Crippen LogP contribution in [0, 0.1) is 5.82 Å². The first-order valence-corrected chi connectivity index (χ1v) is 10.9. The fourth-order valence-corrected chi connectivity index (χ4v) is 4.17. The second-order valence-corrected chi connectivity index (χ2v) is 7.86. The number of fused-ring (bicyclic) bond motifs is 1. The molecule has 0 fully saturated rings. The van der Waals surface area contributed by atoms with Gasteiger partial charge in [-0.25, -0.2) is 14.4 Å². The van der Waals surface area contributed by atoms with Gasteiger partial charge in [0.2, 0.25) is 5.91 Å². The van der Waals surface area contributed by atoms with E-state index in [2.05, 4.69) is 15.3 Å². The Morgan fingerprint density at radius 3 is 2.89 bits per heavy atom. The maximum absolute atomic E-state index is 13.4. The Morgan fingerprint density at radius 1 is 1.21 bits per heavy atom. The highest BCUT2D eigenvalue weighted by Crippen LogP contribution is 2.25. The minimum absolute atomic E-state index is 0.158. The maximum atomic E-state index is 13.4. The molecular weight excluding hydrogens is 395 g/mol. The molecule has 4 aromatic rings. The van der Waals surface area contributed by atoms with Crippen molar-refractivity contribution in [2.75, 3.05) is 11.6 Å². The summed E-state index contributed by atoms with van der Waals surface area (Å²) in [6, 6.07) is 14.0. The Kier molecular flexibility index (Phi) is 5.40. The molecule has 0 bridgehead atoms. The molecular formula is C20H17FN4OS2. The molecule has 0 aliphatic rings. The number of benzene rings is 2. The smallest absolute Gasteiger partial charge is 0.246 e. The zero-order valence-electron chi connectivity index (χ0n) is 15.1. The number of rotatable bonds is 6. The number of imidazole rings is 1. The fourth-order valence-electron chi connectivity index (χ4n) is 2.96. The summed E-state index contributed by atoms with van der Waals surface area (Å²) in [6.45, 7) is 0.158. The van der Waals surface area contributed by atoms with Crippen molar-refractivity contribution in [3.8, 4) is 11.3 Å². The van der Waals surface area contributed by atoms with Crippen molar-refractivity contribution < 1.29 is 9.18 Å². The highest BCUT2D eigenvalue weighted by Gasteiger charge is 2.14. The molecule has 142 valence electrons. The van der Waals surface area contributed by atoms with E-state index in [1.165, 1.54) is 23.5 Å². The molecule has 1 N–H and O–H groups in total. The second kappa shape index (κ2) is 8.12. The summed E-state index contributed by atoms with van der Waals surface area (Å²) in [7, 11) is 0. The van der Waals surface area contributed by atoms with E-state index in [0.29, 0.717) is 16.4 Å². The summed E-state index contributed by atoms with van der Waals surface area (Å²) in [5.41, 5.74) is 3.12. The van der Waals surface area contributed by atoms with Crippen molar-refractivity contribution >= 4 is 45.2 Å². The first kappa shape index (κ1) is 18.6. The number of carbonyl (C=O) groups excluding carboxylic acids is 1. The van der Waals surface area contributed by atoms with E-state index in [9.17, 15) is 9.18 Å². The van der Waals surface area contributed by atoms with Gasteiger partial charge in [0.1, 0.15) is 18.2 Å². The summed E-state index contributed by atoms with van der Waals surface area (Å²) in [5.74, 6) is 1.10. The number of nitrogens with one attached hydrogen (secondary N) is 1. The SMILES string of the molecule is CSCc1nc2ccccc2n1CC(=O)Nc1nc(-c2cccc(F)c2)cs1. The first-order chi connectivity index (χ1) is 13.6. The van der Waals surface area contributed by atoms with Gasteiger partial charge in [0.25, 0.3) is 0 Å². The van der Waals surface area contributed by atoms with Gasteiger partial charge in [0, 0.05) is 10.9 Å². The van der Waals surface area contributed by atoms with Crippen LogP contribution in [0.3, 0.4) is 0 Å². The Morgan fingerprint density at radius 2 is 2.07 bits per heavy atom. The van der Waals surface area contributed by atoms with Crippen LogP contribution in [-0.2, 0) is 17.1 Å². The molecule has 0 saturated heterocycles. The predicted octanol–water partition coefficient (Wildman–Crippen LogP) is 4.80. The number of aromatic nitrogens is 3. The number of thioether (sulfide) groups is 1. The number of carbonyl (C=O) groups is 1. The third-order valence-electron chi connectivity index (χ3n) is 4.18. The molecule has 0 unspecified atom stereocenters. The average Bonchev–Trinajstić information content (AvgIpc) is 3.27. The minimum atomic E-state index is -0.315. The molecule has 4 rings (SSSR count). The standard InChI is InChI=1S/C20H17FN4OS2/c1-27-12-18-22-15-7-2-3-8-17(15)25(18)10-19(26)24-20-23-16(11-28-20)13-5-4-6-14(21)9-13/h2-9,11H,10,12H2,1H3,(H,23,24,26). The molecule has 0 spiro atoms. The highest BCUT2D eigenvalue weighted by atomic mass is 32.2. The summed E-state index contributed by atoms with van der Waals surface area (Å²) in [5, 5.41) is 5.13. The number of thiazole rings is 1. The van der Waals surface area contributed by atoms with E-state index in [1.54, 1.807) is 29.3 Å². The van der Waals surface area contributed by atoms with Crippen LogP contribution in [0.2, 0.25) is 0 Å². The fraction of sp³-hybridized carbons (Fsp3) is 0.150. The number of halogens is 1. The van der Waals surface area contributed by atoms with Crippen molar-refractivity contribution in [3.63, 3.8) is 0 Å². The lowest BCUT2D eigenvalue weighted by molar-refractivity contribution is -0.116. The van der Waals surface area contributed by atoms with Crippen molar-refractivity contribution in [1.82, 2.24) is 14.5 Å². The third kappa shape index (κ3) is 3.93. The van der Waals surface area contributed by atoms with Crippen LogP contribution in [0.25, 0.3) is 22.3 Å². The summed E-state index contributed by atoms with van der Waals surface area (Å²) in [4.78, 5) is 21.7. The molecule has 2 aromatic carbocycles. The zero-order chi connectivity index (χ0) is 19.5. The van der Waals surface area contributed by atoms with Crippen LogP contribution in [0.5, 0.6) is 0 Å². The Balaban J connectivity index is 1.53. The highest BCUT2D eigenvalue weighted by molar-refractivity contribution is 7.97. The Labute approximate surface area is 169 Å². The van der Waals surface area contributed by atoms with E-state index in [0.717, 1.165) is 22.6 Å². The van der Waals surface area contributed by atoms with Crippen molar-refractivity contribution in [1.29, 1.82) is 0 Å². The van der Waals surface area contributed by atoms with Crippen molar-refractivity contribution in [3.05, 3.63) is 65.6 Å². The molecule has 2 heterocycles. The average molecular weight is 413 g/mol. The van der Waals surface area contributed by atoms with Gasteiger partial charge in [-0.1, -0.05) is 24.3 Å². The van der Waals surface area contributed by atoms with E-state index in [4.69, 9.17) is 0 Å². The van der Waals surface area contributed by atoms with Crippen molar-refractivity contribution in [2.45, 2.75) is 12.3 Å². The lowest BCUT2D eigenvalue weighted by Crippen LogP contribution is -2.20. The number of hydrogen-bond acceptors (Lipinski definition) is 5. The number of anilines is 1. The van der Waals surface area contributed by atoms with E-state index < -0.39 is 0 Å². The Hall–Kier alpha value is -2.71. The largest absolute Gasteiger partial charge is 0.318 e. The number of nitrogens with zero attached hydrogens (tertiary/aromatic N) is 3. The molecule has 0 aliphatic carbocycles. The van der Waals surface area contributed by atoms with Gasteiger partial charge in [-0.15, -0.1) is 11.3 Å². The summed E-state index contributed by atoms with van der Waals surface area (Å²) in [6.07, 6.45) is 2.01. The van der Waals surface area contributed by atoms with Crippen LogP contribution in [0.15, 0.2) is 53.9 Å². The van der Waals surface area contributed by atoms with Gasteiger partial charge < -0.3 is 9.88 Å². The maximum Gasteiger partial charge on any atom is 0.246 e. The van der Waals surface area contributed by atoms with Gasteiger partial charge in [-0.05, 0) is 30.5 Å². The van der Waals surface area contributed by atoms with Crippen LogP contribution in [0.1, 0.15) is 5.82 Å². The van der Waals surface area contributed by atoms with Crippen LogP contribution >= 0.6 is 23.1 Å². The molecule has 1 amide bonds. The molecule has 5 nitrogen and oxygen atoms in total. The molecule has 28 heavy (non-hydrogen) atoms. The molecule has 0 saturated carbocycles. The number of amides is 1. The van der Waals surface area contributed by atoms with Gasteiger partial charge in [0.05, 0.1) is 22.5 Å². The topological polar surface area (TPSA) is 59.8 Å². The third-order valence-corrected chi connectivity index (χ3v) is 5.48. The van der Waals surface area contributed by atoms with Crippen LogP contribution in [-0.4, -0.2) is 26.7 Å². The summed E-state index contributed by atoms with van der Waals surface area (Å²) >= 11 is 2.98. The molecule has 2 aromatic heterocycles. The van der Waals surface area contributed by atoms with Gasteiger partial charge in [-0.2, -0.15) is 11.8 Å². The van der Waals surface area contributed by atoms with Gasteiger partial charge in [0.15, 0.2) is 5.13 Å². The first-order valence-electron chi connectivity index (χ1n) is 8.58.